The molecule has 5 nitrogen and oxygen atoms in total. The number of amides is 1. The van der Waals surface area contributed by atoms with E-state index in [0.29, 0.717) is 18.7 Å². The van der Waals surface area contributed by atoms with Gasteiger partial charge in [0, 0.05) is 12.1 Å². The summed E-state index contributed by atoms with van der Waals surface area (Å²) in [5, 5.41) is 8.87. The topological polar surface area (TPSA) is 66.8 Å². The number of carboxylic acids is 1. The van der Waals surface area contributed by atoms with Crippen LogP contribution in [0.25, 0.3) is 0 Å². The van der Waals surface area contributed by atoms with Gasteiger partial charge in [-0.3, -0.25) is 9.59 Å². The molecular formula is C14H16FNO4. The number of halogens is 1. The van der Waals surface area contributed by atoms with E-state index in [9.17, 15) is 14.0 Å². The Balaban J connectivity index is 2.22. The second kappa shape index (κ2) is 6.00. The van der Waals surface area contributed by atoms with Crippen LogP contribution in [0.2, 0.25) is 0 Å². The fourth-order valence-corrected chi connectivity index (χ4v) is 2.32. The molecule has 20 heavy (non-hydrogen) atoms. The largest absolute Gasteiger partial charge is 0.481 e. The molecular weight excluding hydrogens is 265 g/mol. The zero-order valence-corrected chi connectivity index (χ0v) is 11.1. The minimum absolute atomic E-state index is 0.181. The normalized spacial score (nSPS) is 18.9. The van der Waals surface area contributed by atoms with Gasteiger partial charge in [-0.05, 0) is 30.7 Å². The van der Waals surface area contributed by atoms with E-state index < -0.39 is 17.8 Å². The van der Waals surface area contributed by atoms with Crippen LogP contribution in [0.4, 0.5) is 4.39 Å². The van der Waals surface area contributed by atoms with E-state index in [0.717, 1.165) is 0 Å². The average molecular weight is 281 g/mol. The van der Waals surface area contributed by atoms with Crippen molar-refractivity contribution in [2.45, 2.75) is 19.4 Å². The summed E-state index contributed by atoms with van der Waals surface area (Å²) in [4.78, 5) is 24.7. The van der Waals surface area contributed by atoms with Gasteiger partial charge in [-0.15, -0.1) is 0 Å². The highest BCUT2D eigenvalue weighted by Crippen LogP contribution is 2.17. The van der Waals surface area contributed by atoms with Crippen LogP contribution in [0.3, 0.4) is 0 Å². The molecule has 6 heteroatoms. The van der Waals surface area contributed by atoms with Gasteiger partial charge in [0.2, 0.25) is 0 Å². The molecule has 0 aromatic heterocycles. The lowest BCUT2D eigenvalue weighted by molar-refractivity contribution is -0.139. The number of carboxylic acid groups (broad SMARTS) is 1. The van der Waals surface area contributed by atoms with E-state index in [4.69, 9.17) is 9.84 Å². The van der Waals surface area contributed by atoms with Crippen LogP contribution in [-0.2, 0) is 9.53 Å². The first-order chi connectivity index (χ1) is 9.47. The minimum Gasteiger partial charge on any atom is -0.481 e. The van der Waals surface area contributed by atoms with Crippen LogP contribution < -0.4 is 0 Å². The summed E-state index contributed by atoms with van der Waals surface area (Å²) in [6.07, 6.45) is -0.181. The number of benzene rings is 1. The molecule has 1 N–H and O–H groups in total. The molecule has 108 valence electrons. The summed E-state index contributed by atoms with van der Waals surface area (Å²) in [5.74, 6) is -1.83. The third-order valence-corrected chi connectivity index (χ3v) is 3.19. The van der Waals surface area contributed by atoms with Crippen molar-refractivity contribution in [3.63, 3.8) is 0 Å². The third kappa shape index (κ3) is 3.33. The molecule has 1 aliphatic heterocycles. The minimum atomic E-state index is -0.992. The van der Waals surface area contributed by atoms with Crippen LogP contribution >= 0.6 is 0 Å². The Bertz CT molecular complexity index is 512. The maximum Gasteiger partial charge on any atom is 0.305 e. The molecule has 1 amide bonds. The third-order valence-electron chi connectivity index (χ3n) is 3.19. The molecule has 1 saturated heterocycles. The molecule has 1 aromatic carbocycles. The molecule has 0 aliphatic carbocycles. The standard InChI is InChI=1S/C14H16FNO4/c1-9-4-10(6-11(15)5-9)14(19)16-2-3-20-8-12(16)7-13(17)18/h4-6,12H,2-3,7-8H2,1H3,(H,17,18). The first-order valence-electron chi connectivity index (χ1n) is 6.35. The molecule has 1 fully saturated rings. The number of hydrogen-bond acceptors (Lipinski definition) is 3. The molecule has 0 saturated carbocycles. The lowest BCUT2D eigenvalue weighted by Gasteiger charge is -2.35. The predicted octanol–water partition coefficient (Wildman–Crippen LogP) is 1.45. The summed E-state index contributed by atoms with van der Waals surface area (Å²) in [5.41, 5.74) is 0.885. The van der Waals surface area contributed by atoms with Crippen molar-refractivity contribution in [3.8, 4) is 0 Å². The first kappa shape index (κ1) is 14.5. The van der Waals surface area contributed by atoms with Crippen molar-refractivity contribution in [2.24, 2.45) is 0 Å². The zero-order valence-electron chi connectivity index (χ0n) is 11.1. The quantitative estimate of drug-likeness (QED) is 0.910. The van der Waals surface area contributed by atoms with E-state index in [2.05, 4.69) is 0 Å². The Morgan fingerprint density at radius 2 is 2.20 bits per heavy atom. The molecule has 0 radical (unpaired) electrons. The summed E-state index contributed by atoms with van der Waals surface area (Å²) in [6, 6.07) is 3.59. The number of morpholine rings is 1. The maximum absolute atomic E-state index is 13.4. The van der Waals surface area contributed by atoms with Gasteiger partial charge in [0.15, 0.2) is 0 Å². The van der Waals surface area contributed by atoms with Crippen molar-refractivity contribution >= 4 is 11.9 Å². The van der Waals surface area contributed by atoms with Gasteiger partial charge in [0.1, 0.15) is 5.82 Å². The fraction of sp³-hybridized carbons (Fsp3) is 0.429. The number of nitrogens with zero attached hydrogens (tertiary/aromatic N) is 1. The van der Waals surface area contributed by atoms with E-state index in [1.54, 1.807) is 13.0 Å². The van der Waals surface area contributed by atoms with Gasteiger partial charge in [0.25, 0.3) is 5.91 Å². The summed E-state index contributed by atoms with van der Waals surface area (Å²) in [7, 11) is 0. The number of rotatable bonds is 3. The Morgan fingerprint density at radius 1 is 1.45 bits per heavy atom. The zero-order chi connectivity index (χ0) is 14.7. The van der Waals surface area contributed by atoms with E-state index in [-0.39, 0.29) is 24.5 Å². The second-order valence-electron chi connectivity index (χ2n) is 4.84. The molecule has 1 aliphatic rings. The summed E-state index contributed by atoms with van der Waals surface area (Å²) >= 11 is 0. The maximum atomic E-state index is 13.4. The monoisotopic (exact) mass is 281 g/mol. The van der Waals surface area contributed by atoms with E-state index in [1.165, 1.54) is 17.0 Å². The number of hydrogen-bond donors (Lipinski definition) is 1. The Kier molecular flexibility index (Phi) is 4.34. The van der Waals surface area contributed by atoms with Crippen LogP contribution in [0.15, 0.2) is 18.2 Å². The van der Waals surface area contributed by atoms with Gasteiger partial charge in [-0.1, -0.05) is 0 Å². The van der Waals surface area contributed by atoms with Crippen molar-refractivity contribution in [2.75, 3.05) is 19.8 Å². The van der Waals surface area contributed by atoms with Crippen LogP contribution in [0, 0.1) is 12.7 Å². The highest BCUT2D eigenvalue weighted by atomic mass is 19.1. The number of carbonyl (C=O) groups excluding carboxylic acids is 1. The molecule has 1 atom stereocenters. The predicted molar refractivity (Wildman–Crippen MR) is 69.0 cm³/mol. The SMILES string of the molecule is Cc1cc(F)cc(C(=O)N2CCOCC2CC(=O)O)c1. The molecule has 1 aromatic rings. The molecule has 1 unspecified atom stereocenters. The number of carbonyl (C=O) groups is 2. The number of ether oxygens (including phenoxy) is 1. The van der Waals surface area contributed by atoms with Gasteiger partial charge >= 0.3 is 5.97 Å². The van der Waals surface area contributed by atoms with Crippen LogP contribution in [0.1, 0.15) is 22.3 Å². The Labute approximate surface area is 116 Å². The molecule has 0 bridgehead atoms. The molecule has 1 heterocycles. The van der Waals surface area contributed by atoms with Crippen molar-refractivity contribution < 1.29 is 23.8 Å². The van der Waals surface area contributed by atoms with E-state index in [1.807, 2.05) is 0 Å². The Hall–Kier alpha value is -1.95. The molecule has 2 rings (SSSR count). The second-order valence-corrected chi connectivity index (χ2v) is 4.84. The average Bonchev–Trinajstić information content (AvgIpc) is 2.36. The lowest BCUT2D eigenvalue weighted by atomic mass is 10.1. The van der Waals surface area contributed by atoms with E-state index >= 15 is 0 Å². The van der Waals surface area contributed by atoms with Crippen molar-refractivity contribution in [3.05, 3.63) is 35.1 Å². The lowest BCUT2D eigenvalue weighted by Crippen LogP contribution is -2.49. The highest BCUT2D eigenvalue weighted by molar-refractivity contribution is 5.95. The first-order valence-corrected chi connectivity index (χ1v) is 6.35. The van der Waals surface area contributed by atoms with Gasteiger partial charge in [-0.2, -0.15) is 0 Å². The summed E-state index contributed by atoms with van der Waals surface area (Å²) < 4.78 is 18.6. The smallest absolute Gasteiger partial charge is 0.305 e. The van der Waals surface area contributed by atoms with Crippen molar-refractivity contribution in [1.82, 2.24) is 4.90 Å². The summed E-state index contributed by atoms with van der Waals surface area (Å²) in [6.45, 7) is 2.56. The van der Waals surface area contributed by atoms with Crippen molar-refractivity contribution in [1.29, 1.82) is 0 Å². The fourth-order valence-electron chi connectivity index (χ4n) is 2.32. The van der Waals surface area contributed by atoms with Gasteiger partial charge < -0.3 is 14.7 Å². The molecule has 0 spiro atoms. The van der Waals surface area contributed by atoms with Gasteiger partial charge in [0.05, 0.1) is 25.7 Å². The highest BCUT2D eigenvalue weighted by Gasteiger charge is 2.30. The van der Waals surface area contributed by atoms with Crippen LogP contribution in [0.5, 0.6) is 0 Å². The van der Waals surface area contributed by atoms with Crippen LogP contribution in [-0.4, -0.2) is 47.7 Å². The van der Waals surface area contributed by atoms with Gasteiger partial charge in [-0.25, -0.2) is 4.39 Å². The Morgan fingerprint density at radius 3 is 2.85 bits per heavy atom. The number of aliphatic carboxylic acids is 1. The number of aryl methyl sites for hydroxylation is 1.